The Balaban J connectivity index is 1.74. The summed E-state index contributed by atoms with van der Waals surface area (Å²) in [6.45, 7) is 6.30. The predicted molar refractivity (Wildman–Crippen MR) is 209 cm³/mol. The van der Waals surface area contributed by atoms with E-state index >= 15 is 0 Å². The van der Waals surface area contributed by atoms with Crippen molar-refractivity contribution in [1.29, 1.82) is 0 Å². The van der Waals surface area contributed by atoms with Crippen molar-refractivity contribution in [3.63, 3.8) is 0 Å². The number of furan rings is 1. The number of hydrogen-bond donors (Lipinski definition) is 0. The maximum Gasteiger partial charge on any atom is 0.144 e. The fourth-order valence-corrected chi connectivity index (χ4v) is 6.43. The Kier molecular flexibility index (Phi) is 8.55. The van der Waals surface area contributed by atoms with Gasteiger partial charge in [-0.15, -0.1) is 28.3 Å². The quantitative estimate of drug-likeness (QED) is 0.143. The Hall–Kier alpha value is -4.03. The monoisotopic (exact) mass is 581 g/mol. The van der Waals surface area contributed by atoms with Crippen molar-refractivity contribution < 1.29 is 4.42 Å². The summed E-state index contributed by atoms with van der Waals surface area (Å²) in [7, 11) is 58.7. The minimum Gasteiger partial charge on any atom is -0.459 e. The molecular weight excluding hydrogens is 560 g/mol. The van der Waals surface area contributed by atoms with Crippen LogP contribution in [0.2, 0.25) is 0 Å². The summed E-state index contributed by atoms with van der Waals surface area (Å²) in [5, 5.41) is 2.45. The summed E-state index contributed by atoms with van der Waals surface area (Å²) in [6, 6.07) is 8.13. The number of fused-ring (bicyclic) bond motifs is 4. The molecule has 47 heavy (non-hydrogen) atoms. The second-order valence-corrected chi connectivity index (χ2v) is 12.1. The van der Waals surface area contributed by atoms with E-state index in [1.54, 1.807) is 6.08 Å². The zero-order valence-corrected chi connectivity index (χ0v) is 26.5. The first-order valence-electron chi connectivity index (χ1n) is 14.9. The lowest BCUT2D eigenvalue weighted by Crippen LogP contribution is -2.52. The highest BCUT2D eigenvalue weighted by molar-refractivity contribution is 6.72. The average molecular weight is 580 g/mol. The summed E-state index contributed by atoms with van der Waals surface area (Å²) < 4.78 is 6.76. The summed E-state index contributed by atoms with van der Waals surface area (Å²) in [6.07, 6.45) is 11.0. The lowest BCUT2D eigenvalue weighted by Gasteiger charge is -2.27. The molecule has 4 aromatic carbocycles. The third-order valence-corrected chi connectivity index (χ3v) is 9.04. The summed E-state index contributed by atoms with van der Waals surface area (Å²) >= 11 is 0. The van der Waals surface area contributed by atoms with Crippen LogP contribution >= 0.6 is 0 Å². The normalized spacial score (nSPS) is 11.8. The van der Waals surface area contributed by atoms with Gasteiger partial charge in [0.15, 0.2) is 0 Å². The average Bonchev–Trinajstić information content (AvgIpc) is 3.40. The van der Waals surface area contributed by atoms with Crippen LogP contribution in [0.25, 0.3) is 49.8 Å². The van der Waals surface area contributed by atoms with Crippen molar-refractivity contribution in [2.24, 2.45) is 0 Å². The standard InChI is InChI=1S/C36H20B9NO/c1-5-6-7-17-18-9-8-15(4)22(20-12-16(14(2)3)10-11-46-20)36(18)47-21(17)13-19-23-24(29(39)33(43)32(42)28(23)38)25-26(27(19)37)31(41)35(45)34(44)30(25)40/h1,6-12,14H,13H2,2-4H3/b7-6-. The second-order valence-electron chi connectivity index (χ2n) is 12.1. The zero-order valence-electron chi connectivity index (χ0n) is 26.5. The van der Waals surface area contributed by atoms with E-state index in [1.165, 1.54) is 0 Å². The highest BCUT2D eigenvalue weighted by Crippen LogP contribution is 2.38. The first kappa shape index (κ1) is 32.9. The number of terminal acetylenes is 1. The van der Waals surface area contributed by atoms with Crippen LogP contribution in [0.15, 0.2) is 41.0 Å². The SMILES string of the molecule is [B]c1c([B])c([B])c2c(c1[B])c([B])c(Cc1oc3c(-c4cc(C(C)C)ccn4)c(C)ccc3c1/C=C\C#C)c1c([B])c([B])c([B])c([B])c12. The minimum absolute atomic E-state index is 0.0915. The van der Waals surface area contributed by atoms with Crippen molar-refractivity contribution in [1.82, 2.24) is 4.98 Å². The van der Waals surface area contributed by atoms with E-state index in [0.29, 0.717) is 44.4 Å². The number of rotatable bonds is 5. The van der Waals surface area contributed by atoms with E-state index in [1.807, 2.05) is 37.4 Å². The summed E-state index contributed by atoms with van der Waals surface area (Å²) in [4.78, 5) is 4.72. The van der Waals surface area contributed by atoms with Crippen LogP contribution < -0.4 is 49.2 Å². The number of aromatic nitrogens is 1. The minimum atomic E-state index is 0.0915. The highest BCUT2D eigenvalue weighted by atomic mass is 16.3. The number of hydrogen-bond acceptors (Lipinski definition) is 2. The molecule has 11 heteroatoms. The molecule has 18 radical (unpaired) electrons. The van der Waals surface area contributed by atoms with E-state index in [2.05, 4.69) is 25.8 Å². The highest BCUT2D eigenvalue weighted by Gasteiger charge is 2.24. The number of aryl methyl sites for hydroxylation is 1. The van der Waals surface area contributed by atoms with Crippen LogP contribution in [0.1, 0.15) is 47.8 Å². The van der Waals surface area contributed by atoms with Gasteiger partial charge in [0.05, 0.1) is 5.69 Å². The Morgan fingerprint density at radius 3 is 1.94 bits per heavy atom. The lowest BCUT2D eigenvalue weighted by atomic mass is 9.58. The lowest BCUT2D eigenvalue weighted by molar-refractivity contribution is 0.563. The van der Waals surface area contributed by atoms with E-state index in [0.717, 1.165) is 33.3 Å². The van der Waals surface area contributed by atoms with E-state index in [4.69, 9.17) is 86.4 Å². The van der Waals surface area contributed by atoms with Crippen LogP contribution in [0.5, 0.6) is 0 Å². The van der Waals surface area contributed by atoms with Gasteiger partial charge >= 0.3 is 0 Å². The molecule has 0 bridgehead atoms. The molecule has 6 rings (SSSR count). The van der Waals surface area contributed by atoms with Crippen molar-refractivity contribution >= 4 is 158 Å². The van der Waals surface area contributed by atoms with E-state index in [9.17, 15) is 0 Å². The molecule has 2 nitrogen and oxygen atoms in total. The molecule has 0 amide bonds. The van der Waals surface area contributed by atoms with Gasteiger partial charge in [0.2, 0.25) is 0 Å². The van der Waals surface area contributed by atoms with Crippen LogP contribution in [0.3, 0.4) is 0 Å². The smallest absolute Gasteiger partial charge is 0.144 e. The Morgan fingerprint density at radius 2 is 1.34 bits per heavy atom. The van der Waals surface area contributed by atoms with Gasteiger partial charge in [-0.2, -0.15) is 0 Å². The molecule has 0 fully saturated rings. The number of nitrogens with zero attached hydrogens (tertiary/aromatic N) is 1. The molecule has 0 saturated heterocycles. The Labute approximate surface area is 288 Å². The number of pyridine rings is 1. The fraction of sp³-hybridized carbons (Fsp3) is 0.139. The van der Waals surface area contributed by atoms with Gasteiger partial charge in [-0.3, -0.25) is 4.98 Å². The van der Waals surface area contributed by atoms with Crippen LogP contribution in [-0.4, -0.2) is 75.6 Å². The first-order chi connectivity index (χ1) is 22.3. The fourth-order valence-electron chi connectivity index (χ4n) is 6.43. The van der Waals surface area contributed by atoms with Gasteiger partial charge in [0, 0.05) is 29.1 Å². The number of allylic oxidation sites excluding steroid dienone is 1. The molecule has 0 spiro atoms. The van der Waals surface area contributed by atoms with Crippen molar-refractivity contribution in [3.8, 4) is 23.6 Å². The molecule has 6 aromatic rings. The first-order valence-corrected chi connectivity index (χ1v) is 14.9. The molecule has 0 unspecified atom stereocenters. The molecule has 2 heterocycles. The molecule has 0 atom stereocenters. The van der Waals surface area contributed by atoms with Crippen LogP contribution in [0, 0.1) is 19.3 Å². The van der Waals surface area contributed by atoms with Crippen molar-refractivity contribution in [2.75, 3.05) is 0 Å². The van der Waals surface area contributed by atoms with E-state index < -0.39 is 0 Å². The van der Waals surface area contributed by atoms with Crippen LogP contribution in [-0.2, 0) is 6.42 Å². The Bertz CT molecular complexity index is 2380. The molecule has 0 aliphatic carbocycles. The molecule has 202 valence electrons. The van der Waals surface area contributed by atoms with Gasteiger partial charge in [-0.1, -0.05) is 59.2 Å². The van der Waals surface area contributed by atoms with Gasteiger partial charge in [0.25, 0.3) is 0 Å². The number of benzene rings is 4. The maximum atomic E-state index is 6.96. The molecule has 2 aromatic heterocycles. The molecule has 0 aliphatic rings. The van der Waals surface area contributed by atoms with Gasteiger partial charge in [0.1, 0.15) is 82.0 Å². The topological polar surface area (TPSA) is 26.0 Å². The second kappa shape index (κ2) is 12.2. The van der Waals surface area contributed by atoms with Crippen LogP contribution in [0.4, 0.5) is 0 Å². The Morgan fingerprint density at radius 1 is 0.766 bits per heavy atom. The predicted octanol–water partition coefficient (Wildman–Crippen LogP) is -1.39. The van der Waals surface area contributed by atoms with Gasteiger partial charge in [-0.05, 0) is 75.4 Å². The largest absolute Gasteiger partial charge is 0.459 e. The maximum absolute atomic E-state index is 6.96. The third-order valence-electron chi connectivity index (χ3n) is 9.04. The molecule has 0 saturated carbocycles. The summed E-state index contributed by atoms with van der Waals surface area (Å²) in [5.41, 5.74) is 7.00. The molecule has 0 aliphatic heterocycles. The van der Waals surface area contributed by atoms with Gasteiger partial charge in [-0.25, -0.2) is 0 Å². The summed E-state index contributed by atoms with van der Waals surface area (Å²) in [5.74, 6) is 3.44. The van der Waals surface area contributed by atoms with E-state index in [-0.39, 0.29) is 55.6 Å². The van der Waals surface area contributed by atoms with Gasteiger partial charge < -0.3 is 4.42 Å². The zero-order chi connectivity index (χ0) is 34.1. The van der Waals surface area contributed by atoms with Crippen molar-refractivity contribution in [2.45, 2.75) is 33.1 Å². The molecule has 0 N–H and O–H groups in total. The molecular formula is C36H20B9NO. The third kappa shape index (κ3) is 5.07. The van der Waals surface area contributed by atoms with Crippen molar-refractivity contribution in [3.05, 3.63) is 64.6 Å².